The summed E-state index contributed by atoms with van der Waals surface area (Å²) in [5.41, 5.74) is 3.29. The van der Waals surface area contributed by atoms with Gasteiger partial charge < -0.3 is 14.7 Å². The number of hydrogen-bond donors (Lipinski definition) is 0. The van der Waals surface area contributed by atoms with Gasteiger partial charge in [-0.15, -0.1) is 0 Å². The molecule has 4 rings (SSSR count). The maximum absolute atomic E-state index is 13.4. The molecule has 1 fully saturated rings. The van der Waals surface area contributed by atoms with Crippen LogP contribution in [0.2, 0.25) is 0 Å². The van der Waals surface area contributed by atoms with Crippen molar-refractivity contribution in [3.05, 3.63) is 47.2 Å². The molecule has 0 spiro atoms. The van der Waals surface area contributed by atoms with Gasteiger partial charge in [-0.2, -0.15) is 4.98 Å². The van der Waals surface area contributed by atoms with Crippen molar-refractivity contribution in [2.45, 2.75) is 45.1 Å². The minimum Gasteiger partial charge on any atom is -0.362 e. The molecular weight excluding hydrogens is 362 g/mol. The number of nitrogens with zero attached hydrogens (tertiary/aromatic N) is 5. The summed E-state index contributed by atoms with van der Waals surface area (Å²) < 4.78 is 0. The van der Waals surface area contributed by atoms with Crippen LogP contribution in [0.4, 0.5) is 11.8 Å². The second kappa shape index (κ2) is 8.39. The van der Waals surface area contributed by atoms with Gasteiger partial charge in [0.1, 0.15) is 5.82 Å². The van der Waals surface area contributed by atoms with Gasteiger partial charge in [-0.1, -0.05) is 37.3 Å². The molecule has 29 heavy (non-hydrogen) atoms. The number of aromatic nitrogens is 2. The number of carbonyl (C=O) groups excluding carboxylic acids is 1. The fraction of sp³-hybridized carbons (Fsp3) is 0.522. The average molecular weight is 394 g/mol. The van der Waals surface area contributed by atoms with Crippen molar-refractivity contribution < 1.29 is 4.79 Å². The van der Waals surface area contributed by atoms with Crippen LogP contribution in [0.3, 0.4) is 0 Å². The van der Waals surface area contributed by atoms with Crippen molar-refractivity contribution in [2.24, 2.45) is 0 Å². The quantitative estimate of drug-likeness (QED) is 0.781. The molecule has 6 nitrogen and oxygen atoms in total. The lowest BCUT2D eigenvalue weighted by molar-refractivity contribution is -0.133. The second-order valence-corrected chi connectivity index (χ2v) is 8.24. The first-order valence-electron chi connectivity index (χ1n) is 10.7. The third-order valence-corrected chi connectivity index (χ3v) is 6.06. The van der Waals surface area contributed by atoms with Crippen molar-refractivity contribution in [2.75, 3.05) is 43.5 Å². The largest absolute Gasteiger partial charge is 0.362 e. The molecule has 1 saturated heterocycles. The van der Waals surface area contributed by atoms with Crippen molar-refractivity contribution in [3.8, 4) is 0 Å². The Kier molecular flexibility index (Phi) is 5.69. The summed E-state index contributed by atoms with van der Waals surface area (Å²) in [5.74, 6) is 1.91. The summed E-state index contributed by atoms with van der Waals surface area (Å²) in [6.07, 6.45) is 4.00. The SMILES string of the molecule is CCC(C(=O)N1CCc2nc(N3CCCC3)nc(N(C)C)c2C1)c1ccccc1. The summed E-state index contributed by atoms with van der Waals surface area (Å²) in [5, 5.41) is 0. The van der Waals surface area contributed by atoms with Gasteiger partial charge in [0, 0.05) is 45.7 Å². The summed E-state index contributed by atoms with van der Waals surface area (Å²) in [6.45, 7) is 5.46. The molecule has 1 atom stereocenters. The molecule has 0 saturated carbocycles. The summed E-state index contributed by atoms with van der Waals surface area (Å²) >= 11 is 0. The van der Waals surface area contributed by atoms with E-state index in [-0.39, 0.29) is 11.8 Å². The molecule has 2 aliphatic rings. The van der Waals surface area contributed by atoms with Crippen molar-refractivity contribution in [3.63, 3.8) is 0 Å². The van der Waals surface area contributed by atoms with Crippen LogP contribution in [-0.2, 0) is 17.8 Å². The lowest BCUT2D eigenvalue weighted by Crippen LogP contribution is -2.40. The van der Waals surface area contributed by atoms with E-state index < -0.39 is 0 Å². The highest BCUT2D eigenvalue weighted by Gasteiger charge is 2.31. The van der Waals surface area contributed by atoms with Crippen LogP contribution in [-0.4, -0.2) is 54.5 Å². The van der Waals surface area contributed by atoms with Crippen molar-refractivity contribution in [1.82, 2.24) is 14.9 Å². The molecule has 1 amide bonds. The van der Waals surface area contributed by atoms with Crippen LogP contribution in [0.1, 0.15) is 48.9 Å². The first-order valence-corrected chi connectivity index (χ1v) is 10.7. The van der Waals surface area contributed by atoms with E-state index in [2.05, 4.69) is 28.9 Å². The standard InChI is InChI=1S/C23H31N5O/c1-4-18(17-10-6-5-7-11-17)22(29)28-15-12-20-19(16-28)21(26(2)3)25-23(24-20)27-13-8-9-14-27/h5-7,10-11,18H,4,8-9,12-16H2,1-3H3. The molecule has 1 aromatic carbocycles. The first-order chi connectivity index (χ1) is 14.1. The Hall–Kier alpha value is -2.63. The van der Waals surface area contributed by atoms with Gasteiger partial charge in [0.2, 0.25) is 11.9 Å². The summed E-state index contributed by atoms with van der Waals surface area (Å²) in [4.78, 5) is 29.5. The molecule has 0 aliphatic carbocycles. The van der Waals surface area contributed by atoms with Crippen LogP contribution in [0.25, 0.3) is 0 Å². The Morgan fingerprint density at radius 3 is 2.48 bits per heavy atom. The summed E-state index contributed by atoms with van der Waals surface area (Å²) in [6, 6.07) is 10.1. The Morgan fingerprint density at radius 1 is 1.10 bits per heavy atom. The van der Waals surface area contributed by atoms with Gasteiger partial charge in [-0.25, -0.2) is 4.98 Å². The van der Waals surface area contributed by atoms with Gasteiger partial charge in [0.25, 0.3) is 0 Å². The Morgan fingerprint density at radius 2 is 1.83 bits per heavy atom. The third kappa shape index (κ3) is 3.93. The molecule has 3 heterocycles. The van der Waals surface area contributed by atoms with E-state index in [0.717, 1.165) is 61.1 Å². The van der Waals surface area contributed by atoms with Crippen molar-refractivity contribution >= 4 is 17.7 Å². The van der Waals surface area contributed by atoms with E-state index in [0.29, 0.717) is 6.54 Å². The molecule has 0 bridgehead atoms. The minimum absolute atomic E-state index is 0.0923. The molecule has 1 aromatic heterocycles. The van der Waals surface area contributed by atoms with Gasteiger partial charge in [0.15, 0.2) is 0 Å². The Bertz CT molecular complexity index is 861. The lowest BCUT2D eigenvalue weighted by atomic mass is 9.93. The maximum atomic E-state index is 13.4. The molecule has 2 aromatic rings. The van der Waals surface area contributed by atoms with E-state index in [1.807, 2.05) is 37.2 Å². The van der Waals surface area contributed by atoms with Crippen molar-refractivity contribution in [1.29, 1.82) is 0 Å². The average Bonchev–Trinajstić information content (AvgIpc) is 3.28. The van der Waals surface area contributed by atoms with Crippen LogP contribution in [0, 0.1) is 0 Å². The third-order valence-electron chi connectivity index (χ3n) is 6.06. The Balaban J connectivity index is 1.61. The zero-order valence-electron chi connectivity index (χ0n) is 17.8. The number of carbonyl (C=O) groups is 1. The van der Waals surface area contributed by atoms with E-state index >= 15 is 0 Å². The molecular formula is C23H31N5O. The smallest absolute Gasteiger partial charge is 0.230 e. The van der Waals surface area contributed by atoms with E-state index in [9.17, 15) is 4.79 Å². The van der Waals surface area contributed by atoms with Crippen LogP contribution >= 0.6 is 0 Å². The molecule has 154 valence electrons. The first kappa shape index (κ1) is 19.7. The fourth-order valence-corrected chi connectivity index (χ4v) is 4.46. The maximum Gasteiger partial charge on any atom is 0.230 e. The number of rotatable bonds is 5. The monoisotopic (exact) mass is 393 g/mol. The number of amides is 1. The van der Waals surface area contributed by atoms with E-state index in [1.165, 1.54) is 12.8 Å². The van der Waals surface area contributed by atoms with E-state index in [4.69, 9.17) is 9.97 Å². The highest BCUT2D eigenvalue weighted by atomic mass is 16.2. The van der Waals surface area contributed by atoms with Crippen LogP contribution in [0.15, 0.2) is 30.3 Å². The minimum atomic E-state index is -0.0923. The molecule has 1 unspecified atom stereocenters. The van der Waals surface area contributed by atoms with Gasteiger partial charge in [-0.3, -0.25) is 4.79 Å². The molecule has 0 radical (unpaired) electrons. The highest BCUT2D eigenvalue weighted by molar-refractivity contribution is 5.84. The molecule has 2 aliphatic heterocycles. The van der Waals surface area contributed by atoms with Gasteiger partial charge in [-0.05, 0) is 24.8 Å². The topological polar surface area (TPSA) is 52.6 Å². The highest BCUT2D eigenvalue weighted by Crippen LogP contribution is 2.31. The molecule has 0 N–H and O–H groups in total. The zero-order chi connectivity index (χ0) is 20.4. The number of fused-ring (bicyclic) bond motifs is 1. The second-order valence-electron chi connectivity index (χ2n) is 8.24. The lowest BCUT2D eigenvalue weighted by Gasteiger charge is -2.33. The number of benzene rings is 1. The normalized spacial score (nSPS) is 17.2. The van der Waals surface area contributed by atoms with Crippen LogP contribution < -0.4 is 9.80 Å². The Labute approximate surface area is 173 Å². The zero-order valence-corrected chi connectivity index (χ0v) is 17.8. The van der Waals surface area contributed by atoms with Gasteiger partial charge in [0.05, 0.1) is 18.2 Å². The predicted octanol–water partition coefficient (Wildman–Crippen LogP) is 3.22. The van der Waals surface area contributed by atoms with E-state index in [1.54, 1.807) is 0 Å². The number of anilines is 2. The molecule has 6 heteroatoms. The predicted molar refractivity (Wildman–Crippen MR) is 116 cm³/mol. The van der Waals surface area contributed by atoms with Gasteiger partial charge >= 0.3 is 0 Å². The summed E-state index contributed by atoms with van der Waals surface area (Å²) in [7, 11) is 4.05. The fourth-order valence-electron chi connectivity index (χ4n) is 4.46. The number of hydrogen-bond acceptors (Lipinski definition) is 5. The van der Waals surface area contributed by atoms with Crippen LogP contribution in [0.5, 0.6) is 0 Å².